The Kier molecular flexibility index (Phi) is 4.45. The van der Waals surface area contributed by atoms with Crippen LogP contribution < -0.4 is 0 Å². The fourth-order valence-electron chi connectivity index (χ4n) is 7.26. The maximum atomic E-state index is 6.79. The van der Waals surface area contributed by atoms with E-state index in [1.807, 2.05) is 0 Å². The number of para-hydroxylation sites is 3. The summed E-state index contributed by atoms with van der Waals surface area (Å²) in [6.45, 7) is 0. The first-order valence-corrected chi connectivity index (χ1v) is 14.7. The van der Waals surface area contributed by atoms with Crippen molar-refractivity contribution < 1.29 is 4.42 Å². The Morgan fingerprint density at radius 2 is 1.00 bits per heavy atom. The van der Waals surface area contributed by atoms with E-state index in [4.69, 9.17) is 4.42 Å². The van der Waals surface area contributed by atoms with Crippen molar-refractivity contribution in [1.82, 2.24) is 9.13 Å². The summed E-state index contributed by atoms with van der Waals surface area (Å²) in [7, 11) is 0. The molecular formula is C40H24N2O. The van der Waals surface area contributed by atoms with Crippen LogP contribution in [0.2, 0.25) is 0 Å². The van der Waals surface area contributed by atoms with Gasteiger partial charge in [-0.2, -0.15) is 0 Å². The number of hydrogen-bond donors (Lipinski definition) is 0. The summed E-state index contributed by atoms with van der Waals surface area (Å²) in [5, 5.41) is 9.52. The first-order chi connectivity index (χ1) is 21.3. The summed E-state index contributed by atoms with van der Waals surface area (Å²) >= 11 is 0. The molecule has 0 N–H and O–H groups in total. The fraction of sp³-hybridized carbons (Fsp3) is 0. The second-order valence-electron chi connectivity index (χ2n) is 11.3. The summed E-state index contributed by atoms with van der Waals surface area (Å²) in [6.07, 6.45) is 0. The molecule has 0 saturated heterocycles. The molecule has 3 heterocycles. The highest BCUT2D eigenvalue weighted by atomic mass is 16.3. The maximum absolute atomic E-state index is 6.79. The van der Waals surface area contributed by atoms with E-state index in [1.54, 1.807) is 0 Å². The molecule has 0 unspecified atom stereocenters. The van der Waals surface area contributed by atoms with Crippen LogP contribution in [0.4, 0.5) is 0 Å². The Morgan fingerprint density at radius 1 is 0.395 bits per heavy atom. The number of aromatic nitrogens is 2. The zero-order valence-corrected chi connectivity index (χ0v) is 23.2. The lowest BCUT2D eigenvalue weighted by Crippen LogP contribution is -1.95. The van der Waals surface area contributed by atoms with Gasteiger partial charge in [-0.25, -0.2) is 0 Å². The molecule has 3 heteroatoms. The third-order valence-corrected chi connectivity index (χ3v) is 9.06. The van der Waals surface area contributed by atoms with Crippen molar-refractivity contribution in [2.45, 2.75) is 0 Å². The highest BCUT2D eigenvalue weighted by molar-refractivity contribution is 6.31. The van der Waals surface area contributed by atoms with Crippen LogP contribution in [0.15, 0.2) is 150 Å². The van der Waals surface area contributed by atoms with Gasteiger partial charge in [0.05, 0.1) is 27.5 Å². The molecule has 7 aromatic carbocycles. The first kappa shape index (κ1) is 22.8. The molecule has 0 aliphatic carbocycles. The molecule has 0 aliphatic rings. The van der Waals surface area contributed by atoms with Gasteiger partial charge in [0.1, 0.15) is 11.2 Å². The maximum Gasteiger partial charge on any atom is 0.145 e. The zero-order valence-electron chi connectivity index (χ0n) is 23.2. The molecule has 0 aliphatic heterocycles. The second-order valence-corrected chi connectivity index (χ2v) is 11.3. The van der Waals surface area contributed by atoms with Gasteiger partial charge >= 0.3 is 0 Å². The Labute approximate surface area is 246 Å². The lowest BCUT2D eigenvalue weighted by atomic mass is 10.0. The van der Waals surface area contributed by atoms with Crippen LogP contribution in [0.1, 0.15) is 0 Å². The van der Waals surface area contributed by atoms with Crippen LogP contribution in [0, 0.1) is 0 Å². The molecule has 200 valence electrons. The SMILES string of the molecule is c1ccc(-n2c3ccccc3c3c2ccc2c4c5oc6cc7ccccc7cc6c5ccc4n(-c4ccccc4)c23)cc1. The predicted molar refractivity (Wildman–Crippen MR) is 180 cm³/mol. The Bertz CT molecular complexity index is 2710. The van der Waals surface area contributed by atoms with Crippen molar-refractivity contribution >= 4 is 76.3 Å². The Hall–Kier alpha value is -5.80. The van der Waals surface area contributed by atoms with Crippen molar-refractivity contribution in [1.29, 1.82) is 0 Å². The van der Waals surface area contributed by atoms with Gasteiger partial charge in [-0.05, 0) is 77.5 Å². The quantitative estimate of drug-likeness (QED) is 0.211. The monoisotopic (exact) mass is 548 g/mol. The molecule has 3 aromatic heterocycles. The van der Waals surface area contributed by atoms with Crippen LogP contribution in [-0.4, -0.2) is 9.13 Å². The zero-order chi connectivity index (χ0) is 28.1. The highest BCUT2D eigenvalue weighted by Crippen LogP contribution is 2.45. The van der Waals surface area contributed by atoms with E-state index in [1.165, 1.54) is 43.5 Å². The molecule has 0 spiro atoms. The lowest BCUT2D eigenvalue weighted by Gasteiger charge is -2.10. The number of fused-ring (bicyclic) bond motifs is 12. The van der Waals surface area contributed by atoms with Gasteiger partial charge in [-0.3, -0.25) is 0 Å². The molecule has 3 nitrogen and oxygen atoms in total. The molecule has 10 rings (SSSR count). The van der Waals surface area contributed by atoms with Gasteiger partial charge in [0, 0.05) is 38.3 Å². The van der Waals surface area contributed by atoms with E-state index < -0.39 is 0 Å². The van der Waals surface area contributed by atoms with E-state index in [0.29, 0.717) is 0 Å². The molecule has 0 amide bonds. The third kappa shape index (κ3) is 3.03. The summed E-state index contributed by atoms with van der Waals surface area (Å²) < 4.78 is 11.6. The Balaban J connectivity index is 1.45. The minimum absolute atomic E-state index is 0.920. The molecule has 0 atom stereocenters. The van der Waals surface area contributed by atoms with Crippen LogP contribution in [-0.2, 0) is 0 Å². The standard InChI is InChI=1S/C40H24N2O/c1-3-13-27(14-4-1)41-33-18-10-9-17-30(33)37-34(41)22-20-31-38-35(42(39(31)37)28-15-5-2-6-16-28)21-19-29-32-23-25-11-7-8-12-26(25)24-36(32)43-40(29)38/h1-24H. The van der Waals surface area contributed by atoms with E-state index in [-0.39, 0.29) is 0 Å². The van der Waals surface area contributed by atoms with Crippen LogP contribution >= 0.6 is 0 Å². The summed E-state index contributed by atoms with van der Waals surface area (Å²) in [5.74, 6) is 0. The molecule has 0 saturated carbocycles. The van der Waals surface area contributed by atoms with E-state index in [0.717, 1.165) is 44.2 Å². The topological polar surface area (TPSA) is 23.0 Å². The summed E-state index contributed by atoms with van der Waals surface area (Å²) in [6, 6.07) is 52.2. The average Bonchev–Trinajstić information content (AvgIpc) is 3.71. The first-order valence-electron chi connectivity index (χ1n) is 14.7. The minimum Gasteiger partial charge on any atom is -0.455 e. The highest BCUT2D eigenvalue weighted by Gasteiger charge is 2.23. The van der Waals surface area contributed by atoms with Crippen molar-refractivity contribution in [3.8, 4) is 11.4 Å². The van der Waals surface area contributed by atoms with Crippen LogP contribution in [0.3, 0.4) is 0 Å². The smallest absolute Gasteiger partial charge is 0.145 e. The van der Waals surface area contributed by atoms with Gasteiger partial charge in [0.25, 0.3) is 0 Å². The summed E-state index contributed by atoms with van der Waals surface area (Å²) in [5.41, 5.74) is 8.87. The van der Waals surface area contributed by atoms with Crippen LogP contribution in [0.5, 0.6) is 0 Å². The molecule has 0 radical (unpaired) electrons. The molecule has 0 bridgehead atoms. The van der Waals surface area contributed by atoms with Crippen molar-refractivity contribution in [2.75, 3.05) is 0 Å². The number of benzene rings is 7. The predicted octanol–water partition coefficient (Wildman–Crippen LogP) is 10.9. The molecule has 43 heavy (non-hydrogen) atoms. The molecular weight excluding hydrogens is 524 g/mol. The van der Waals surface area contributed by atoms with Gasteiger partial charge in [-0.15, -0.1) is 0 Å². The van der Waals surface area contributed by atoms with E-state index >= 15 is 0 Å². The summed E-state index contributed by atoms with van der Waals surface area (Å²) in [4.78, 5) is 0. The van der Waals surface area contributed by atoms with Gasteiger partial charge in [0.15, 0.2) is 0 Å². The van der Waals surface area contributed by atoms with Crippen LogP contribution in [0.25, 0.3) is 87.7 Å². The van der Waals surface area contributed by atoms with Crippen molar-refractivity contribution in [3.05, 3.63) is 146 Å². The largest absolute Gasteiger partial charge is 0.455 e. The molecule has 0 fully saturated rings. The van der Waals surface area contributed by atoms with Crippen molar-refractivity contribution in [3.63, 3.8) is 0 Å². The lowest BCUT2D eigenvalue weighted by molar-refractivity contribution is 0.673. The van der Waals surface area contributed by atoms with Gasteiger partial charge in [0.2, 0.25) is 0 Å². The van der Waals surface area contributed by atoms with Gasteiger partial charge < -0.3 is 13.6 Å². The van der Waals surface area contributed by atoms with E-state index in [9.17, 15) is 0 Å². The van der Waals surface area contributed by atoms with E-state index in [2.05, 4.69) is 155 Å². The number of furan rings is 1. The minimum atomic E-state index is 0.920. The normalized spacial score (nSPS) is 12.2. The molecule has 10 aromatic rings. The number of hydrogen-bond acceptors (Lipinski definition) is 1. The average molecular weight is 549 g/mol. The fourth-order valence-corrected chi connectivity index (χ4v) is 7.26. The third-order valence-electron chi connectivity index (χ3n) is 9.06. The number of nitrogens with zero attached hydrogens (tertiary/aromatic N) is 2. The second kappa shape index (κ2) is 8.37. The Morgan fingerprint density at radius 3 is 1.77 bits per heavy atom. The van der Waals surface area contributed by atoms with Gasteiger partial charge in [-0.1, -0.05) is 78.9 Å². The number of rotatable bonds is 2. The van der Waals surface area contributed by atoms with Crippen molar-refractivity contribution in [2.24, 2.45) is 0 Å².